The van der Waals surface area contributed by atoms with Crippen molar-refractivity contribution in [2.45, 2.75) is 0 Å². The maximum Gasteiger partial charge on any atom is 0.188 e. The quantitative estimate of drug-likeness (QED) is 0.583. The molecule has 0 spiro atoms. The van der Waals surface area contributed by atoms with Crippen LogP contribution in [0.1, 0.15) is 0 Å². The highest BCUT2D eigenvalue weighted by Crippen LogP contribution is 2.40. The zero-order valence-electron chi connectivity index (χ0n) is 9.45. The fraction of sp³-hybridized carbons (Fsp3) is 0. The number of rotatable bonds is 2. The third kappa shape index (κ3) is 2.51. The second-order valence-electron chi connectivity index (χ2n) is 3.84. The van der Waals surface area contributed by atoms with E-state index in [-0.39, 0.29) is 0 Å². The second-order valence-corrected chi connectivity index (χ2v) is 6.03. The Morgan fingerprint density at radius 1 is 1.00 bits per heavy atom. The molecule has 1 aromatic heterocycles. The maximum atomic E-state index is 6.17. The topological polar surface area (TPSA) is 24.9 Å². The molecule has 0 fully saturated rings. The minimum Gasteiger partial charge on any atom is -0.332 e. The van der Waals surface area contributed by atoms with E-state index in [0.717, 1.165) is 15.5 Å². The van der Waals surface area contributed by atoms with E-state index in [2.05, 4.69) is 10.3 Å². The normalized spacial score (nSPS) is 10.9. The molecule has 0 atom stereocenters. The van der Waals surface area contributed by atoms with Gasteiger partial charge in [0, 0.05) is 5.69 Å². The van der Waals surface area contributed by atoms with Crippen molar-refractivity contribution in [3.05, 3.63) is 51.5 Å². The molecule has 0 saturated heterocycles. The number of nitrogens with one attached hydrogen (secondary N) is 1. The molecule has 0 amide bonds. The van der Waals surface area contributed by atoms with Gasteiger partial charge in [-0.15, -0.1) is 0 Å². The molecule has 0 saturated carbocycles. The molecule has 2 aromatic carbocycles. The van der Waals surface area contributed by atoms with Crippen LogP contribution < -0.4 is 5.32 Å². The van der Waals surface area contributed by atoms with Gasteiger partial charge in [-0.1, -0.05) is 64.3 Å². The SMILES string of the molecule is Clc1cc(Cl)c2nc(Nc3ccccc3)sc2c1Cl. The van der Waals surface area contributed by atoms with Crippen LogP contribution in [0.4, 0.5) is 10.8 Å². The predicted octanol–water partition coefficient (Wildman–Crippen LogP) is 6.00. The van der Waals surface area contributed by atoms with Crippen molar-refractivity contribution in [1.82, 2.24) is 4.98 Å². The Morgan fingerprint density at radius 2 is 1.74 bits per heavy atom. The largest absolute Gasteiger partial charge is 0.332 e. The van der Waals surface area contributed by atoms with Gasteiger partial charge in [-0.05, 0) is 18.2 Å². The average Bonchev–Trinajstić information content (AvgIpc) is 2.82. The fourth-order valence-corrected chi connectivity index (χ4v) is 3.51. The number of thiazole rings is 1. The summed E-state index contributed by atoms with van der Waals surface area (Å²) in [6.45, 7) is 0. The van der Waals surface area contributed by atoms with Gasteiger partial charge in [-0.2, -0.15) is 0 Å². The fourth-order valence-electron chi connectivity index (χ4n) is 1.68. The van der Waals surface area contributed by atoms with Crippen LogP contribution in [0.2, 0.25) is 15.1 Å². The van der Waals surface area contributed by atoms with E-state index >= 15 is 0 Å². The van der Waals surface area contributed by atoms with E-state index in [0.29, 0.717) is 20.6 Å². The van der Waals surface area contributed by atoms with E-state index in [1.807, 2.05) is 30.3 Å². The first-order chi connectivity index (χ1) is 9.15. The molecule has 19 heavy (non-hydrogen) atoms. The summed E-state index contributed by atoms with van der Waals surface area (Å²) < 4.78 is 0.789. The minimum atomic E-state index is 0.439. The number of hydrogen-bond donors (Lipinski definition) is 1. The first kappa shape index (κ1) is 13.0. The number of nitrogens with zero attached hydrogens (tertiary/aromatic N) is 1. The number of benzene rings is 2. The van der Waals surface area contributed by atoms with Crippen molar-refractivity contribution >= 4 is 67.2 Å². The Bertz CT molecular complexity index is 740. The van der Waals surface area contributed by atoms with E-state index in [1.165, 1.54) is 11.3 Å². The highest BCUT2D eigenvalue weighted by molar-refractivity contribution is 7.23. The van der Waals surface area contributed by atoms with E-state index < -0.39 is 0 Å². The van der Waals surface area contributed by atoms with Gasteiger partial charge >= 0.3 is 0 Å². The monoisotopic (exact) mass is 328 g/mol. The molecular formula is C13H7Cl3N2S. The third-order valence-corrected chi connectivity index (χ3v) is 4.72. The Labute approximate surface area is 128 Å². The van der Waals surface area contributed by atoms with Crippen LogP contribution >= 0.6 is 46.1 Å². The molecule has 3 rings (SSSR count). The van der Waals surface area contributed by atoms with Gasteiger partial charge in [-0.25, -0.2) is 4.98 Å². The summed E-state index contributed by atoms with van der Waals surface area (Å²) in [5.41, 5.74) is 1.62. The molecule has 2 nitrogen and oxygen atoms in total. The molecule has 96 valence electrons. The van der Waals surface area contributed by atoms with Gasteiger partial charge in [0.15, 0.2) is 5.13 Å². The molecule has 1 N–H and O–H groups in total. The van der Waals surface area contributed by atoms with Crippen LogP contribution in [0.3, 0.4) is 0 Å². The summed E-state index contributed by atoms with van der Waals surface area (Å²) >= 11 is 19.7. The van der Waals surface area contributed by atoms with Gasteiger partial charge in [0.25, 0.3) is 0 Å². The molecule has 0 radical (unpaired) electrons. The lowest BCUT2D eigenvalue weighted by molar-refractivity contribution is 1.44. The first-order valence-electron chi connectivity index (χ1n) is 5.41. The molecule has 1 heterocycles. The molecule has 6 heteroatoms. The van der Waals surface area contributed by atoms with Crippen molar-refractivity contribution in [3.63, 3.8) is 0 Å². The van der Waals surface area contributed by atoms with Crippen LogP contribution in [0.25, 0.3) is 10.2 Å². The molecule has 0 aliphatic heterocycles. The summed E-state index contributed by atoms with van der Waals surface area (Å²) in [6.07, 6.45) is 0. The summed E-state index contributed by atoms with van der Waals surface area (Å²) in [5, 5.41) is 5.37. The van der Waals surface area contributed by atoms with Crippen LogP contribution in [-0.4, -0.2) is 4.98 Å². The third-order valence-electron chi connectivity index (χ3n) is 2.54. The highest BCUT2D eigenvalue weighted by Gasteiger charge is 2.14. The molecule has 0 unspecified atom stereocenters. The van der Waals surface area contributed by atoms with Gasteiger partial charge in [0.1, 0.15) is 5.52 Å². The Kier molecular flexibility index (Phi) is 3.54. The number of hydrogen-bond acceptors (Lipinski definition) is 3. The van der Waals surface area contributed by atoms with Crippen molar-refractivity contribution in [3.8, 4) is 0 Å². The second kappa shape index (κ2) is 5.17. The lowest BCUT2D eigenvalue weighted by Crippen LogP contribution is -1.87. The number of anilines is 2. The summed E-state index contributed by atoms with van der Waals surface area (Å²) in [6, 6.07) is 11.4. The van der Waals surface area contributed by atoms with E-state index in [1.54, 1.807) is 6.07 Å². The van der Waals surface area contributed by atoms with Crippen molar-refractivity contribution < 1.29 is 0 Å². The van der Waals surface area contributed by atoms with Crippen LogP contribution in [0.15, 0.2) is 36.4 Å². The van der Waals surface area contributed by atoms with Gasteiger partial charge < -0.3 is 5.32 Å². The van der Waals surface area contributed by atoms with Gasteiger partial charge in [0.2, 0.25) is 0 Å². The van der Waals surface area contributed by atoms with E-state index in [9.17, 15) is 0 Å². The number of halogens is 3. The number of para-hydroxylation sites is 1. The molecule has 0 aliphatic carbocycles. The zero-order chi connectivity index (χ0) is 13.4. The summed E-state index contributed by atoms with van der Waals surface area (Å²) in [4.78, 5) is 4.44. The molecule has 0 bridgehead atoms. The molecular weight excluding hydrogens is 323 g/mol. The predicted molar refractivity (Wildman–Crippen MR) is 84.4 cm³/mol. The Hall–Kier alpha value is -1.00. The van der Waals surface area contributed by atoms with Crippen molar-refractivity contribution in [2.24, 2.45) is 0 Å². The number of aromatic nitrogens is 1. The standard InChI is InChI=1S/C13H7Cl3N2S/c14-8-6-9(15)11-12(10(8)16)19-13(18-11)17-7-4-2-1-3-5-7/h1-6H,(H,17,18). The number of fused-ring (bicyclic) bond motifs is 1. The van der Waals surface area contributed by atoms with Gasteiger partial charge in [0.05, 0.1) is 19.8 Å². The highest BCUT2D eigenvalue weighted by atomic mass is 35.5. The Morgan fingerprint density at radius 3 is 2.47 bits per heavy atom. The smallest absolute Gasteiger partial charge is 0.188 e. The lowest BCUT2D eigenvalue weighted by Gasteiger charge is -1.99. The van der Waals surface area contributed by atoms with Crippen LogP contribution in [0.5, 0.6) is 0 Å². The van der Waals surface area contributed by atoms with Crippen LogP contribution in [0, 0.1) is 0 Å². The van der Waals surface area contributed by atoms with Crippen LogP contribution in [-0.2, 0) is 0 Å². The van der Waals surface area contributed by atoms with Crippen molar-refractivity contribution in [1.29, 1.82) is 0 Å². The zero-order valence-corrected chi connectivity index (χ0v) is 12.5. The summed E-state index contributed by atoms with van der Waals surface area (Å²) in [5.74, 6) is 0. The maximum absolute atomic E-state index is 6.17. The van der Waals surface area contributed by atoms with Gasteiger partial charge in [-0.3, -0.25) is 0 Å². The molecule has 0 aliphatic rings. The lowest BCUT2D eigenvalue weighted by atomic mass is 10.3. The van der Waals surface area contributed by atoms with Crippen molar-refractivity contribution in [2.75, 3.05) is 5.32 Å². The summed E-state index contributed by atoms with van der Waals surface area (Å²) in [7, 11) is 0. The average molecular weight is 330 g/mol. The molecule has 3 aromatic rings. The van der Waals surface area contributed by atoms with E-state index in [4.69, 9.17) is 34.8 Å². The Balaban J connectivity index is 2.07. The first-order valence-corrected chi connectivity index (χ1v) is 7.36. The minimum absolute atomic E-state index is 0.439.